The first-order chi connectivity index (χ1) is 13.0. The van der Waals surface area contributed by atoms with Gasteiger partial charge < -0.3 is 15.4 Å². The summed E-state index contributed by atoms with van der Waals surface area (Å²) in [6, 6.07) is 11.1. The molecule has 6 heteroatoms. The Balaban J connectivity index is 1.93. The number of hydrogen-bond donors (Lipinski definition) is 3. The second kappa shape index (κ2) is 6.97. The number of rotatable bonds is 3. The van der Waals surface area contributed by atoms with Crippen molar-refractivity contribution in [1.82, 2.24) is 0 Å². The minimum absolute atomic E-state index is 0.0332. The third kappa shape index (κ3) is 2.80. The molecule has 1 aliphatic heterocycles. The minimum atomic E-state index is -1.52. The average molecular weight is 384 g/mol. The van der Waals surface area contributed by atoms with E-state index in [0.29, 0.717) is 10.5 Å². The summed E-state index contributed by atoms with van der Waals surface area (Å²) in [6.45, 7) is 1.94. The molecule has 4 rings (SSSR count). The fraction of sp³-hybridized carbons (Fsp3) is 0.381. The highest BCUT2D eigenvalue weighted by molar-refractivity contribution is 6.58. The summed E-state index contributed by atoms with van der Waals surface area (Å²) in [5.41, 5.74) is 3.11. The molecule has 1 saturated carbocycles. The lowest BCUT2D eigenvalue weighted by atomic mass is 9.61. The fourth-order valence-corrected chi connectivity index (χ4v) is 5.06. The molecular formula is C21H23BClNO3. The molecule has 1 amide bonds. The van der Waals surface area contributed by atoms with Gasteiger partial charge in [-0.2, -0.15) is 0 Å². The van der Waals surface area contributed by atoms with Crippen LogP contribution in [0, 0.1) is 12.8 Å². The van der Waals surface area contributed by atoms with E-state index in [0.717, 1.165) is 48.1 Å². The van der Waals surface area contributed by atoms with Gasteiger partial charge in [0, 0.05) is 0 Å². The molecule has 1 aliphatic carbocycles. The van der Waals surface area contributed by atoms with Crippen LogP contribution in [-0.4, -0.2) is 23.1 Å². The third-order valence-electron chi connectivity index (χ3n) is 6.24. The monoisotopic (exact) mass is 383 g/mol. The zero-order valence-corrected chi connectivity index (χ0v) is 16.1. The van der Waals surface area contributed by atoms with Crippen molar-refractivity contribution in [2.45, 2.75) is 44.4 Å². The highest BCUT2D eigenvalue weighted by Gasteiger charge is 2.54. The SMILES string of the molecule is Cc1ccc2c(c1Cl)NC(=O)[C@]2(c1ccc(B(O)O)cc1)C1CCCCC1. The molecule has 1 fully saturated rings. The van der Waals surface area contributed by atoms with Crippen molar-refractivity contribution in [3.63, 3.8) is 0 Å². The normalized spacial score (nSPS) is 22.4. The molecule has 2 aromatic carbocycles. The highest BCUT2D eigenvalue weighted by Crippen LogP contribution is 2.53. The summed E-state index contributed by atoms with van der Waals surface area (Å²) in [5.74, 6) is 0.158. The topological polar surface area (TPSA) is 69.6 Å². The molecule has 2 aromatic rings. The number of amides is 1. The van der Waals surface area contributed by atoms with Crippen molar-refractivity contribution in [3.05, 3.63) is 58.1 Å². The van der Waals surface area contributed by atoms with Crippen molar-refractivity contribution in [2.24, 2.45) is 5.92 Å². The van der Waals surface area contributed by atoms with Crippen LogP contribution in [0.4, 0.5) is 5.69 Å². The number of carbonyl (C=O) groups is 1. The fourth-order valence-electron chi connectivity index (χ4n) is 4.85. The molecule has 140 valence electrons. The molecular weight excluding hydrogens is 361 g/mol. The van der Waals surface area contributed by atoms with Crippen molar-refractivity contribution in [3.8, 4) is 0 Å². The van der Waals surface area contributed by atoms with E-state index >= 15 is 0 Å². The molecule has 0 bridgehead atoms. The molecule has 0 radical (unpaired) electrons. The number of halogens is 1. The van der Waals surface area contributed by atoms with Crippen LogP contribution in [0.1, 0.15) is 48.8 Å². The second-order valence-electron chi connectivity index (χ2n) is 7.71. The van der Waals surface area contributed by atoms with Gasteiger partial charge in [0.1, 0.15) is 5.41 Å². The van der Waals surface area contributed by atoms with Crippen LogP contribution < -0.4 is 10.8 Å². The standard InChI is InChI=1S/C21H23BClNO3/c1-13-7-12-17-19(18(13)23)24-20(25)21(17,14-5-3-2-4-6-14)15-8-10-16(11-9-15)22(26)27/h7-12,14,26-27H,2-6H2,1H3,(H,24,25)/t21-/m0/s1. The van der Waals surface area contributed by atoms with E-state index in [-0.39, 0.29) is 11.8 Å². The second-order valence-corrected chi connectivity index (χ2v) is 8.09. The predicted molar refractivity (Wildman–Crippen MR) is 108 cm³/mol. The smallest absolute Gasteiger partial charge is 0.423 e. The molecule has 27 heavy (non-hydrogen) atoms. The molecule has 1 atom stereocenters. The Hall–Kier alpha value is -1.82. The molecule has 3 N–H and O–H groups in total. The van der Waals surface area contributed by atoms with E-state index < -0.39 is 12.5 Å². The summed E-state index contributed by atoms with van der Waals surface area (Å²) >= 11 is 6.54. The van der Waals surface area contributed by atoms with Crippen molar-refractivity contribution in [2.75, 3.05) is 5.32 Å². The first-order valence-electron chi connectivity index (χ1n) is 9.54. The zero-order valence-electron chi connectivity index (χ0n) is 15.3. The van der Waals surface area contributed by atoms with E-state index in [4.69, 9.17) is 11.6 Å². The Morgan fingerprint density at radius 3 is 2.37 bits per heavy atom. The summed E-state index contributed by atoms with van der Waals surface area (Å²) in [6.07, 6.45) is 5.40. The van der Waals surface area contributed by atoms with Gasteiger partial charge in [0.05, 0.1) is 10.7 Å². The van der Waals surface area contributed by atoms with Crippen molar-refractivity contribution in [1.29, 1.82) is 0 Å². The lowest BCUT2D eigenvalue weighted by Crippen LogP contribution is -2.44. The Morgan fingerprint density at radius 2 is 1.74 bits per heavy atom. The van der Waals surface area contributed by atoms with Gasteiger partial charge in [-0.1, -0.05) is 67.3 Å². The number of fused-ring (bicyclic) bond motifs is 1. The van der Waals surface area contributed by atoms with Crippen LogP contribution in [0.15, 0.2) is 36.4 Å². The van der Waals surface area contributed by atoms with Crippen LogP contribution in [0.5, 0.6) is 0 Å². The Labute approximate surface area is 164 Å². The van der Waals surface area contributed by atoms with Crippen LogP contribution in [0.2, 0.25) is 5.02 Å². The van der Waals surface area contributed by atoms with E-state index in [1.54, 1.807) is 12.1 Å². The van der Waals surface area contributed by atoms with Gasteiger partial charge >= 0.3 is 7.12 Å². The van der Waals surface area contributed by atoms with Gasteiger partial charge in [-0.05, 0) is 47.8 Å². The maximum absolute atomic E-state index is 13.5. The van der Waals surface area contributed by atoms with E-state index in [2.05, 4.69) is 5.32 Å². The zero-order chi connectivity index (χ0) is 19.2. The molecule has 2 aliphatic rings. The summed E-state index contributed by atoms with van der Waals surface area (Å²) < 4.78 is 0. The average Bonchev–Trinajstić information content (AvgIpc) is 2.99. The van der Waals surface area contributed by atoms with Gasteiger partial charge in [0.15, 0.2) is 0 Å². The predicted octanol–water partition coefficient (Wildman–Crippen LogP) is 3.15. The van der Waals surface area contributed by atoms with E-state index in [9.17, 15) is 14.8 Å². The summed E-state index contributed by atoms with van der Waals surface area (Å²) in [5, 5.41) is 22.5. The summed E-state index contributed by atoms with van der Waals surface area (Å²) in [7, 11) is -1.52. The van der Waals surface area contributed by atoms with Crippen LogP contribution in [0.3, 0.4) is 0 Å². The van der Waals surface area contributed by atoms with Crippen molar-refractivity contribution >= 4 is 35.8 Å². The lowest BCUT2D eigenvalue weighted by Gasteiger charge is -2.39. The Kier molecular flexibility index (Phi) is 4.79. The van der Waals surface area contributed by atoms with Gasteiger partial charge in [-0.15, -0.1) is 0 Å². The highest BCUT2D eigenvalue weighted by atomic mass is 35.5. The van der Waals surface area contributed by atoms with Gasteiger partial charge in [-0.25, -0.2) is 0 Å². The number of nitrogens with one attached hydrogen (secondary N) is 1. The van der Waals surface area contributed by atoms with Crippen LogP contribution >= 0.6 is 11.6 Å². The minimum Gasteiger partial charge on any atom is -0.423 e. The molecule has 0 unspecified atom stereocenters. The van der Waals surface area contributed by atoms with Gasteiger partial charge in [0.25, 0.3) is 0 Å². The Bertz CT molecular complexity index is 878. The Morgan fingerprint density at radius 1 is 1.07 bits per heavy atom. The van der Waals surface area contributed by atoms with E-state index in [1.807, 2.05) is 31.2 Å². The third-order valence-corrected chi connectivity index (χ3v) is 6.73. The molecule has 4 nitrogen and oxygen atoms in total. The van der Waals surface area contributed by atoms with Crippen LogP contribution in [0.25, 0.3) is 0 Å². The lowest BCUT2D eigenvalue weighted by molar-refractivity contribution is -0.121. The maximum atomic E-state index is 13.5. The number of aryl methyl sites for hydroxylation is 1. The van der Waals surface area contributed by atoms with Gasteiger partial charge in [-0.3, -0.25) is 4.79 Å². The number of anilines is 1. The molecule has 0 spiro atoms. The number of hydrogen-bond acceptors (Lipinski definition) is 3. The quantitative estimate of drug-likeness (QED) is 0.713. The molecule has 0 aromatic heterocycles. The molecule has 0 saturated heterocycles. The largest absolute Gasteiger partial charge is 0.488 e. The number of benzene rings is 2. The van der Waals surface area contributed by atoms with Crippen molar-refractivity contribution < 1.29 is 14.8 Å². The van der Waals surface area contributed by atoms with Crippen LogP contribution in [-0.2, 0) is 10.2 Å². The molecule has 1 heterocycles. The van der Waals surface area contributed by atoms with Gasteiger partial charge in [0.2, 0.25) is 5.91 Å². The number of carbonyl (C=O) groups excluding carboxylic acids is 1. The summed E-state index contributed by atoms with van der Waals surface area (Å²) in [4.78, 5) is 13.5. The maximum Gasteiger partial charge on any atom is 0.488 e. The first-order valence-corrected chi connectivity index (χ1v) is 9.91. The first kappa shape index (κ1) is 18.5. The van der Waals surface area contributed by atoms with E-state index in [1.165, 1.54) is 6.42 Å².